The van der Waals surface area contributed by atoms with Gasteiger partial charge in [-0.2, -0.15) is 0 Å². The van der Waals surface area contributed by atoms with Gasteiger partial charge in [-0.15, -0.1) is 0 Å². The number of hydrogen-bond donors (Lipinski definition) is 1. The Labute approximate surface area is 251 Å². The Balaban J connectivity index is 1.48. The first-order valence-corrected chi connectivity index (χ1v) is 15.2. The number of aryl methyl sites for hydroxylation is 1. The second-order valence-corrected chi connectivity index (χ2v) is 14.0. The van der Waals surface area contributed by atoms with Crippen molar-refractivity contribution in [2.75, 3.05) is 18.5 Å². The molecule has 1 heterocycles. The number of hydrogen-bond acceptors (Lipinski definition) is 5. The molecule has 216 valence electrons. The third kappa shape index (κ3) is 5.92. The number of allylic oxidation sites excluding steroid dienone is 4. The number of carbonyl (C=O) groups excluding carboxylic acids is 3. The van der Waals surface area contributed by atoms with Gasteiger partial charge in [0.05, 0.1) is 4.47 Å². The number of nitrogens with zero attached hydrogens (tertiary/aromatic N) is 1. The highest BCUT2D eigenvalue weighted by molar-refractivity contribution is 9.10. The van der Waals surface area contributed by atoms with Crippen molar-refractivity contribution in [1.82, 2.24) is 4.90 Å². The number of anilines is 1. The van der Waals surface area contributed by atoms with Gasteiger partial charge in [-0.25, -0.2) is 0 Å². The summed E-state index contributed by atoms with van der Waals surface area (Å²) < 4.78 is 6.54. The lowest BCUT2D eigenvalue weighted by atomic mass is 9.63. The van der Waals surface area contributed by atoms with E-state index in [2.05, 4.69) is 60.8 Å². The van der Waals surface area contributed by atoms with Crippen molar-refractivity contribution in [3.05, 3.63) is 80.6 Å². The lowest BCUT2D eigenvalue weighted by Gasteiger charge is -2.48. The number of ether oxygens (including phenoxy) is 1. The summed E-state index contributed by atoms with van der Waals surface area (Å²) in [4.78, 5) is 42.4. The molecule has 0 aromatic heterocycles. The van der Waals surface area contributed by atoms with Crippen molar-refractivity contribution in [3.63, 3.8) is 0 Å². The molecule has 3 aliphatic rings. The fraction of sp³-hybridized carbons (Fsp3) is 0.441. The van der Waals surface area contributed by atoms with Gasteiger partial charge in [0, 0.05) is 53.5 Å². The van der Waals surface area contributed by atoms with E-state index >= 15 is 0 Å². The molecule has 0 unspecified atom stereocenters. The summed E-state index contributed by atoms with van der Waals surface area (Å²) in [5.41, 5.74) is 6.02. The topological polar surface area (TPSA) is 75.7 Å². The molecule has 6 nitrogen and oxygen atoms in total. The molecule has 41 heavy (non-hydrogen) atoms. The zero-order valence-electron chi connectivity index (χ0n) is 24.8. The van der Waals surface area contributed by atoms with Crippen LogP contribution >= 0.6 is 15.9 Å². The first-order chi connectivity index (χ1) is 19.3. The van der Waals surface area contributed by atoms with Gasteiger partial charge in [-0.05, 0) is 88.8 Å². The van der Waals surface area contributed by atoms with Crippen LogP contribution < -0.4 is 10.1 Å². The highest BCUT2D eigenvalue weighted by atomic mass is 79.9. The molecule has 7 heteroatoms. The molecule has 0 radical (unpaired) electrons. The molecular weight excluding hydrogens is 580 g/mol. The summed E-state index contributed by atoms with van der Waals surface area (Å²) in [5.74, 6) is 0.0926. The third-order valence-corrected chi connectivity index (χ3v) is 8.91. The maximum Gasteiger partial charge on any atom is 0.262 e. The molecule has 0 saturated carbocycles. The lowest BCUT2D eigenvalue weighted by Crippen LogP contribution is -2.44. The van der Waals surface area contributed by atoms with Gasteiger partial charge in [-0.3, -0.25) is 14.4 Å². The van der Waals surface area contributed by atoms with Crippen LogP contribution in [-0.4, -0.2) is 35.5 Å². The molecule has 5 rings (SSSR count). The summed E-state index contributed by atoms with van der Waals surface area (Å²) in [6.07, 6.45) is 2.51. The molecule has 1 N–H and O–H groups in total. The van der Waals surface area contributed by atoms with Crippen LogP contribution in [0.4, 0.5) is 5.69 Å². The monoisotopic (exact) mass is 618 g/mol. The van der Waals surface area contributed by atoms with Crippen molar-refractivity contribution in [1.29, 1.82) is 0 Å². The minimum absolute atomic E-state index is 0.119. The minimum Gasteiger partial charge on any atom is -0.483 e. The second-order valence-electron chi connectivity index (χ2n) is 13.2. The standard InChI is InChI=1S/C34H39BrN2O4/c1-7-37-24-15-33(3,4)17-26(38)31(24)30(32-25(37)16-34(5,6)18-27(32)39)21-11-12-28(23(35)14-21)41-19-29(40)36-22-10-8-9-20(2)13-22/h8-14,30H,7,15-19H2,1-6H3,(H,36,40). The SMILES string of the molecule is CCN1C2=C(C(=O)CC(C)(C)C2)C(c2ccc(OCC(=O)Nc3cccc(C)c3)c(Br)c2)C2=C1CC(C)(C)CC2=O. The van der Waals surface area contributed by atoms with Gasteiger partial charge in [0.25, 0.3) is 5.91 Å². The normalized spacial score (nSPS) is 20.1. The van der Waals surface area contributed by atoms with Crippen molar-refractivity contribution in [2.24, 2.45) is 10.8 Å². The molecule has 0 fully saturated rings. The van der Waals surface area contributed by atoms with Crippen LogP contribution in [0.1, 0.15) is 77.3 Å². The molecule has 0 saturated heterocycles. The Hall–Kier alpha value is -3.19. The third-order valence-electron chi connectivity index (χ3n) is 8.29. The Kier molecular flexibility index (Phi) is 7.79. The maximum absolute atomic E-state index is 13.8. The molecule has 2 aromatic rings. The molecule has 0 bridgehead atoms. The number of nitrogens with one attached hydrogen (secondary N) is 1. The average Bonchev–Trinajstić information content (AvgIpc) is 2.85. The van der Waals surface area contributed by atoms with E-state index < -0.39 is 5.92 Å². The van der Waals surface area contributed by atoms with E-state index in [1.807, 2.05) is 49.4 Å². The van der Waals surface area contributed by atoms with Crippen LogP contribution in [0.15, 0.2) is 69.5 Å². The molecule has 2 aliphatic carbocycles. The largest absolute Gasteiger partial charge is 0.483 e. The van der Waals surface area contributed by atoms with Crippen LogP contribution in [0.3, 0.4) is 0 Å². The number of rotatable bonds is 6. The Morgan fingerprint density at radius 3 is 2.10 bits per heavy atom. The summed E-state index contributed by atoms with van der Waals surface area (Å²) in [6.45, 7) is 13.2. The first-order valence-electron chi connectivity index (χ1n) is 14.4. The predicted molar refractivity (Wildman–Crippen MR) is 165 cm³/mol. The van der Waals surface area contributed by atoms with Gasteiger partial charge >= 0.3 is 0 Å². The van der Waals surface area contributed by atoms with Crippen molar-refractivity contribution >= 4 is 39.1 Å². The van der Waals surface area contributed by atoms with Crippen molar-refractivity contribution < 1.29 is 19.1 Å². The number of carbonyl (C=O) groups is 3. The van der Waals surface area contributed by atoms with Crippen LogP contribution in [-0.2, 0) is 14.4 Å². The Morgan fingerprint density at radius 1 is 0.951 bits per heavy atom. The minimum atomic E-state index is -0.412. The predicted octanol–water partition coefficient (Wildman–Crippen LogP) is 7.48. The zero-order valence-corrected chi connectivity index (χ0v) is 26.4. The molecule has 1 amide bonds. The quantitative estimate of drug-likeness (QED) is 0.363. The van der Waals surface area contributed by atoms with E-state index in [1.165, 1.54) is 0 Å². The van der Waals surface area contributed by atoms with E-state index in [9.17, 15) is 14.4 Å². The van der Waals surface area contributed by atoms with Crippen LogP contribution in [0.2, 0.25) is 0 Å². The summed E-state index contributed by atoms with van der Waals surface area (Å²) in [7, 11) is 0. The number of halogens is 1. The van der Waals surface area contributed by atoms with Crippen molar-refractivity contribution in [3.8, 4) is 5.75 Å². The van der Waals surface area contributed by atoms with Gasteiger partial charge in [0.15, 0.2) is 18.2 Å². The molecule has 0 spiro atoms. The second kappa shape index (κ2) is 10.9. The highest BCUT2D eigenvalue weighted by Crippen LogP contribution is 2.54. The molecule has 2 aromatic carbocycles. The Bertz CT molecular complexity index is 1450. The van der Waals surface area contributed by atoms with E-state index in [4.69, 9.17) is 4.74 Å². The van der Waals surface area contributed by atoms with Gasteiger partial charge < -0.3 is 15.0 Å². The molecule has 1 aliphatic heterocycles. The fourth-order valence-electron chi connectivity index (χ4n) is 6.64. The van der Waals surface area contributed by atoms with E-state index in [0.717, 1.165) is 58.7 Å². The average molecular weight is 620 g/mol. The summed E-state index contributed by atoms with van der Waals surface area (Å²) in [6, 6.07) is 13.3. The number of amides is 1. The number of Topliss-reactive ketones (excluding diaryl/α,β-unsaturated/α-hetero) is 2. The summed E-state index contributed by atoms with van der Waals surface area (Å²) >= 11 is 3.64. The number of ketones is 2. The van der Waals surface area contributed by atoms with Crippen molar-refractivity contribution in [2.45, 2.75) is 73.1 Å². The van der Waals surface area contributed by atoms with E-state index in [-0.39, 0.29) is 34.9 Å². The first kappa shape index (κ1) is 29.3. The van der Waals surface area contributed by atoms with Crippen LogP contribution in [0.25, 0.3) is 0 Å². The fourth-order valence-corrected chi connectivity index (χ4v) is 7.15. The maximum atomic E-state index is 13.8. The lowest BCUT2D eigenvalue weighted by molar-refractivity contribution is -0.120. The zero-order chi connectivity index (χ0) is 29.7. The van der Waals surface area contributed by atoms with Gasteiger partial charge in [0.1, 0.15) is 5.75 Å². The van der Waals surface area contributed by atoms with Crippen LogP contribution in [0, 0.1) is 17.8 Å². The number of benzene rings is 2. The molecule has 0 atom stereocenters. The van der Waals surface area contributed by atoms with Gasteiger partial charge in [0.2, 0.25) is 0 Å². The molecular formula is C34H39BrN2O4. The smallest absolute Gasteiger partial charge is 0.262 e. The highest BCUT2D eigenvalue weighted by Gasteiger charge is 2.48. The van der Waals surface area contributed by atoms with Crippen LogP contribution in [0.5, 0.6) is 5.75 Å². The Morgan fingerprint density at radius 2 is 1.56 bits per heavy atom. The van der Waals surface area contributed by atoms with E-state index in [0.29, 0.717) is 23.1 Å². The van der Waals surface area contributed by atoms with E-state index in [1.54, 1.807) is 0 Å². The summed E-state index contributed by atoms with van der Waals surface area (Å²) in [5, 5.41) is 2.86. The van der Waals surface area contributed by atoms with Gasteiger partial charge in [-0.1, -0.05) is 45.9 Å².